The number of nitrogens with zero attached hydrogens (tertiary/aromatic N) is 2. The summed E-state index contributed by atoms with van der Waals surface area (Å²) < 4.78 is 5.06. The van der Waals surface area contributed by atoms with Gasteiger partial charge in [0.05, 0.1) is 12.1 Å². The van der Waals surface area contributed by atoms with Gasteiger partial charge in [-0.15, -0.1) is 0 Å². The number of hydrogen-bond acceptors (Lipinski definition) is 4. The summed E-state index contributed by atoms with van der Waals surface area (Å²) in [5.41, 5.74) is 3.04. The molecule has 1 aromatic heterocycles. The van der Waals surface area contributed by atoms with E-state index in [1.165, 1.54) is 0 Å². The Kier molecular flexibility index (Phi) is 4.01. The van der Waals surface area contributed by atoms with Crippen molar-refractivity contribution in [2.24, 2.45) is 0 Å². The predicted octanol–water partition coefficient (Wildman–Crippen LogP) is 2.00. The zero-order valence-electron chi connectivity index (χ0n) is 13.0. The van der Waals surface area contributed by atoms with Crippen molar-refractivity contribution in [3.05, 3.63) is 41.3 Å². The first-order valence-corrected chi connectivity index (χ1v) is 7.41. The Morgan fingerprint density at radius 3 is 2.65 bits per heavy atom. The number of carbonyl (C=O) groups excluding carboxylic acids is 2. The third-order valence-corrected chi connectivity index (χ3v) is 3.84. The van der Waals surface area contributed by atoms with E-state index in [9.17, 15) is 9.59 Å². The van der Waals surface area contributed by atoms with Gasteiger partial charge in [-0.2, -0.15) is 0 Å². The van der Waals surface area contributed by atoms with Crippen molar-refractivity contribution in [1.29, 1.82) is 0 Å². The molecule has 2 heterocycles. The van der Waals surface area contributed by atoms with Gasteiger partial charge in [-0.1, -0.05) is 5.16 Å². The topological polar surface area (TPSA) is 87.5 Å². The molecule has 1 aliphatic heterocycles. The first-order valence-electron chi connectivity index (χ1n) is 7.41. The van der Waals surface area contributed by atoms with Gasteiger partial charge in [0.1, 0.15) is 5.76 Å². The Morgan fingerprint density at radius 1 is 1.35 bits per heavy atom. The molecule has 0 saturated carbocycles. The van der Waals surface area contributed by atoms with Gasteiger partial charge in [0.15, 0.2) is 0 Å². The van der Waals surface area contributed by atoms with E-state index in [0.29, 0.717) is 24.5 Å². The SMILES string of the molecule is Cc1noc(C)c1CC(=O)Nc1ccc(N2CCNC2=O)cc1. The largest absolute Gasteiger partial charge is 0.361 e. The number of benzene rings is 1. The van der Waals surface area contributed by atoms with Gasteiger partial charge in [-0.3, -0.25) is 9.69 Å². The summed E-state index contributed by atoms with van der Waals surface area (Å²) >= 11 is 0. The van der Waals surface area contributed by atoms with E-state index in [1.807, 2.05) is 19.1 Å². The van der Waals surface area contributed by atoms with Crippen LogP contribution in [-0.4, -0.2) is 30.2 Å². The molecule has 0 radical (unpaired) electrons. The van der Waals surface area contributed by atoms with Crippen LogP contribution in [0, 0.1) is 13.8 Å². The molecule has 7 nitrogen and oxygen atoms in total. The highest BCUT2D eigenvalue weighted by Crippen LogP contribution is 2.20. The van der Waals surface area contributed by atoms with Gasteiger partial charge in [-0.25, -0.2) is 4.79 Å². The lowest BCUT2D eigenvalue weighted by Crippen LogP contribution is -2.27. The molecule has 7 heteroatoms. The van der Waals surface area contributed by atoms with Gasteiger partial charge in [0.2, 0.25) is 5.91 Å². The van der Waals surface area contributed by atoms with Crippen molar-refractivity contribution in [3.8, 4) is 0 Å². The number of rotatable bonds is 4. The number of urea groups is 1. The molecule has 0 spiro atoms. The van der Waals surface area contributed by atoms with Gasteiger partial charge >= 0.3 is 6.03 Å². The van der Waals surface area contributed by atoms with Crippen molar-refractivity contribution in [1.82, 2.24) is 10.5 Å². The van der Waals surface area contributed by atoms with Crippen LogP contribution in [0.5, 0.6) is 0 Å². The van der Waals surface area contributed by atoms with E-state index in [4.69, 9.17) is 4.52 Å². The molecular weight excluding hydrogens is 296 g/mol. The average Bonchev–Trinajstić information content (AvgIpc) is 3.09. The zero-order chi connectivity index (χ0) is 16.4. The fraction of sp³-hybridized carbons (Fsp3) is 0.312. The highest BCUT2D eigenvalue weighted by molar-refractivity contribution is 5.95. The summed E-state index contributed by atoms with van der Waals surface area (Å²) in [6.45, 7) is 4.90. The maximum absolute atomic E-state index is 12.1. The van der Waals surface area contributed by atoms with Crippen LogP contribution >= 0.6 is 0 Å². The number of carbonyl (C=O) groups is 2. The highest BCUT2D eigenvalue weighted by Gasteiger charge is 2.21. The minimum Gasteiger partial charge on any atom is -0.361 e. The summed E-state index contributed by atoms with van der Waals surface area (Å²) in [7, 11) is 0. The average molecular weight is 314 g/mol. The molecule has 3 amide bonds. The van der Waals surface area contributed by atoms with Gasteiger partial charge in [0, 0.05) is 30.0 Å². The van der Waals surface area contributed by atoms with Crippen molar-refractivity contribution in [2.75, 3.05) is 23.3 Å². The highest BCUT2D eigenvalue weighted by atomic mass is 16.5. The molecule has 2 aromatic rings. The second kappa shape index (κ2) is 6.12. The minimum atomic E-state index is -0.133. The van der Waals surface area contributed by atoms with Crippen molar-refractivity contribution >= 4 is 23.3 Å². The normalized spacial score (nSPS) is 14.0. The molecule has 0 bridgehead atoms. The molecule has 120 valence electrons. The van der Waals surface area contributed by atoms with Gasteiger partial charge < -0.3 is 15.2 Å². The van der Waals surface area contributed by atoms with Crippen LogP contribution in [0.1, 0.15) is 17.0 Å². The quantitative estimate of drug-likeness (QED) is 0.903. The minimum absolute atomic E-state index is 0.0970. The monoisotopic (exact) mass is 314 g/mol. The van der Waals surface area contributed by atoms with Crippen LogP contribution < -0.4 is 15.5 Å². The van der Waals surface area contributed by atoms with Crippen LogP contribution in [0.25, 0.3) is 0 Å². The van der Waals surface area contributed by atoms with Crippen molar-refractivity contribution in [3.63, 3.8) is 0 Å². The molecule has 3 rings (SSSR count). The summed E-state index contributed by atoms with van der Waals surface area (Å²) in [6, 6.07) is 7.10. The lowest BCUT2D eigenvalue weighted by atomic mass is 10.1. The van der Waals surface area contributed by atoms with Crippen LogP contribution in [0.4, 0.5) is 16.2 Å². The molecular formula is C16H18N4O3. The summed E-state index contributed by atoms with van der Waals surface area (Å²) in [5.74, 6) is 0.527. The Morgan fingerprint density at radius 2 is 2.09 bits per heavy atom. The third kappa shape index (κ3) is 3.18. The van der Waals surface area contributed by atoms with Gasteiger partial charge in [0.25, 0.3) is 0 Å². The summed E-state index contributed by atoms with van der Waals surface area (Å²) in [4.78, 5) is 25.4. The number of nitrogens with one attached hydrogen (secondary N) is 2. The van der Waals surface area contributed by atoms with E-state index in [1.54, 1.807) is 24.0 Å². The fourth-order valence-corrected chi connectivity index (χ4v) is 2.56. The molecule has 1 aromatic carbocycles. The molecule has 2 N–H and O–H groups in total. The Hall–Kier alpha value is -2.83. The molecule has 1 fully saturated rings. The van der Waals surface area contributed by atoms with Crippen LogP contribution in [0.2, 0.25) is 0 Å². The maximum Gasteiger partial charge on any atom is 0.321 e. The Bertz CT molecular complexity index is 717. The second-order valence-electron chi connectivity index (χ2n) is 5.46. The van der Waals surface area contributed by atoms with E-state index < -0.39 is 0 Å². The molecule has 23 heavy (non-hydrogen) atoms. The Labute approximate surface area is 133 Å². The zero-order valence-corrected chi connectivity index (χ0v) is 13.0. The number of aromatic nitrogens is 1. The van der Waals surface area contributed by atoms with Crippen LogP contribution in [0.15, 0.2) is 28.8 Å². The molecule has 0 aliphatic carbocycles. The molecule has 1 saturated heterocycles. The first kappa shape index (κ1) is 15.1. The van der Waals surface area contributed by atoms with E-state index in [-0.39, 0.29) is 18.4 Å². The fourth-order valence-electron chi connectivity index (χ4n) is 2.56. The Balaban J connectivity index is 1.64. The third-order valence-electron chi connectivity index (χ3n) is 3.84. The number of anilines is 2. The van der Waals surface area contributed by atoms with E-state index in [2.05, 4.69) is 15.8 Å². The van der Waals surface area contributed by atoms with Crippen LogP contribution in [-0.2, 0) is 11.2 Å². The van der Waals surface area contributed by atoms with Crippen LogP contribution in [0.3, 0.4) is 0 Å². The number of aryl methyl sites for hydroxylation is 2. The first-order chi connectivity index (χ1) is 11.0. The molecule has 0 atom stereocenters. The number of amides is 3. The smallest absolute Gasteiger partial charge is 0.321 e. The molecule has 0 unspecified atom stereocenters. The standard InChI is InChI=1S/C16H18N4O3/c1-10-14(11(2)23-19-10)9-15(21)18-12-3-5-13(6-4-12)20-8-7-17-16(20)22/h3-6H,7-9H2,1-2H3,(H,17,22)(H,18,21). The lowest BCUT2D eigenvalue weighted by Gasteiger charge is -2.14. The predicted molar refractivity (Wildman–Crippen MR) is 85.5 cm³/mol. The van der Waals surface area contributed by atoms with Crippen molar-refractivity contribution in [2.45, 2.75) is 20.3 Å². The van der Waals surface area contributed by atoms with E-state index in [0.717, 1.165) is 16.9 Å². The summed E-state index contributed by atoms with van der Waals surface area (Å²) in [6.07, 6.45) is 0.220. The van der Waals surface area contributed by atoms with E-state index >= 15 is 0 Å². The van der Waals surface area contributed by atoms with Gasteiger partial charge in [-0.05, 0) is 38.1 Å². The van der Waals surface area contributed by atoms with Crippen molar-refractivity contribution < 1.29 is 14.1 Å². The maximum atomic E-state index is 12.1. The number of hydrogen-bond donors (Lipinski definition) is 2. The molecule has 1 aliphatic rings. The lowest BCUT2D eigenvalue weighted by molar-refractivity contribution is -0.115. The second-order valence-corrected chi connectivity index (χ2v) is 5.46. The summed E-state index contributed by atoms with van der Waals surface area (Å²) in [5, 5.41) is 9.43.